The molecule has 0 radical (unpaired) electrons. The molecule has 1 N–H and O–H groups in total. The van der Waals surface area contributed by atoms with E-state index < -0.39 is 17.0 Å². The second-order valence-electron chi connectivity index (χ2n) is 9.35. The first-order chi connectivity index (χ1) is 17.4. The summed E-state index contributed by atoms with van der Waals surface area (Å²) in [5.41, 5.74) is 0.856. The van der Waals surface area contributed by atoms with Gasteiger partial charge in [-0.2, -0.15) is 0 Å². The lowest BCUT2D eigenvalue weighted by Gasteiger charge is -2.20. The van der Waals surface area contributed by atoms with E-state index in [0.717, 1.165) is 0 Å². The SMILES string of the molecule is Cc1cnc(COc2cc(C)n(-c3cc(-n4cc(C(C)(C)O)ccc4=O)ncc3C)c(=O)c2Cl)c(F)c1. The van der Waals surface area contributed by atoms with Gasteiger partial charge in [0.15, 0.2) is 0 Å². The molecular weight excluding hydrogens is 499 g/mol. The zero-order valence-corrected chi connectivity index (χ0v) is 21.8. The maximum absolute atomic E-state index is 14.2. The molecule has 0 bridgehead atoms. The first kappa shape index (κ1) is 26.2. The van der Waals surface area contributed by atoms with E-state index in [9.17, 15) is 19.1 Å². The van der Waals surface area contributed by atoms with Crippen molar-refractivity contribution < 1.29 is 14.2 Å². The van der Waals surface area contributed by atoms with Crippen LogP contribution < -0.4 is 15.9 Å². The fraction of sp³-hybridized carbons (Fsp3) is 0.259. The summed E-state index contributed by atoms with van der Waals surface area (Å²) in [5.74, 6) is -0.145. The van der Waals surface area contributed by atoms with Crippen LogP contribution in [0, 0.1) is 26.6 Å². The molecule has 0 atom stereocenters. The average Bonchev–Trinajstić information content (AvgIpc) is 2.82. The zero-order chi connectivity index (χ0) is 27.1. The summed E-state index contributed by atoms with van der Waals surface area (Å²) >= 11 is 6.39. The normalized spacial score (nSPS) is 11.6. The van der Waals surface area contributed by atoms with E-state index in [1.54, 1.807) is 59.0 Å². The number of hydrogen-bond donors (Lipinski definition) is 1. The Morgan fingerprint density at radius 1 is 1.08 bits per heavy atom. The van der Waals surface area contributed by atoms with Crippen LogP contribution in [0.5, 0.6) is 5.75 Å². The molecule has 4 rings (SSSR count). The van der Waals surface area contributed by atoms with Crippen molar-refractivity contribution in [3.63, 3.8) is 0 Å². The van der Waals surface area contributed by atoms with E-state index in [0.29, 0.717) is 28.1 Å². The molecule has 0 amide bonds. The zero-order valence-electron chi connectivity index (χ0n) is 21.0. The van der Waals surface area contributed by atoms with Crippen molar-refractivity contribution in [2.24, 2.45) is 0 Å². The van der Waals surface area contributed by atoms with E-state index in [1.165, 1.54) is 33.7 Å². The van der Waals surface area contributed by atoms with Crippen LogP contribution >= 0.6 is 11.6 Å². The molecule has 4 aromatic heterocycles. The first-order valence-corrected chi connectivity index (χ1v) is 11.8. The van der Waals surface area contributed by atoms with Crippen LogP contribution in [0.1, 0.15) is 41.9 Å². The molecule has 4 aromatic rings. The summed E-state index contributed by atoms with van der Waals surface area (Å²) < 4.78 is 22.5. The van der Waals surface area contributed by atoms with Gasteiger partial charge in [-0.15, -0.1) is 0 Å². The van der Waals surface area contributed by atoms with Gasteiger partial charge < -0.3 is 9.84 Å². The second kappa shape index (κ2) is 9.91. The number of halogens is 2. The quantitative estimate of drug-likeness (QED) is 0.404. The third-order valence-electron chi connectivity index (χ3n) is 5.88. The highest BCUT2D eigenvalue weighted by Crippen LogP contribution is 2.26. The third-order valence-corrected chi connectivity index (χ3v) is 6.23. The Morgan fingerprint density at radius 2 is 1.81 bits per heavy atom. The standard InChI is InChI=1S/C27H26ClFN4O4/c1-15-8-19(29)20(30-11-15)14-37-22-9-17(3)33(26(35)25(22)28)21-10-23(31-12-16(21)2)32-13-18(27(4,5)36)6-7-24(32)34/h6-13,36H,14H2,1-5H3. The number of rotatable bonds is 6. The Hall–Kier alpha value is -3.82. The molecule has 10 heteroatoms. The van der Waals surface area contributed by atoms with Crippen molar-refractivity contribution in [3.05, 3.63) is 109 Å². The predicted molar refractivity (Wildman–Crippen MR) is 138 cm³/mol. The Morgan fingerprint density at radius 3 is 2.49 bits per heavy atom. The molecule has 0 spiro atoms. The molecule has 0 unspecified atom stereocenters. The minimum Gasteiger partial charge on any atom is -0.485 e. The maximum Gasteiger partial charge on any atom is 0.277 e. The van der Waals surface area contributed by atoms with Crippen LogP contribution in [0.25, 0.3) is 11.5 Å². The monoisotopic (exact) mass is 524 g/mol. The molecule has 0 saturated carbocycles. The summed E-state index contributed by atoms with van der Waals surface area (Å²) in [6.45, 7) is 8.24. The van der Waals surface area contributed by atoms with E-state index in [-0.39, 0.29) is 34.5 Å². The lowest BCUT2D eigenvalue weighted by molar-refractivity contribution is 0.0779. The average molecular weight is 525 g/mol. The van der Waals surface area contributed by atoms with Gasteiger partial charge in [-0.1, -0.05) is 11.6 Å². The van der Waals surface area contributed by atoms with Gasteiger partial charge in [0, 0.05) is 42.5 Å². The fourth-order valence-electron chi connectivity index (χ4n) is 3.80. The number of hydrogen-bond acceptors (Lipinski definition) is 6. The molecule has 0 aliphatic carbocycles. The van der Waals surface area contributed by atoms with E-state index in [1.807, 2.05) is 0 Å². The van der Waals surface area contributed by atoms with Crippen molar-refractivity contribution >= 4 is 11.6 Å². The van der Waals surface area contributed by atoms with E-state index in [2.05, 4.69) is 9.97 Å². The largest absolute Gasteiger partial charge is 0.485 e. The number of aromatic nitrogens is 4. The molecule has 0 aliphatic heterocycles. The summed E-state index contributed by atoms with van der Waals surface area (Å²) in [6.07, 6.45) is 4.59. The molecule has 192 valence electrons. The molecule has 8 nitrogen and oxygen atoms in total. The first-order valence-electron chi connectivity index (χ1n) is 11.5. The highest BCUT2D eigenvalue weighted by molar-refractivity contribution is 6.31. The van der Waals surface area contributed by atoms with Gasteiger partial charge in [-0.25, -0.2) is 9.37 Å². The Kier molecular flexibility index (Phi) is 7.03. The van der Waals surface area contributed by atoms with Crippen LogP contribution in [-0.4, -0.2) is 24.2 Å². The Bertz CT molecular complexity index is 1620. The topological polar surface area (TPSA) is 99.2 Å². The van der Waals surface area contributed by atoms with Gasteiger partial charge in [0.1, 0.15) is 34.7 Å². The highest BCUT2D eigenvalue weighted by Gasteiger charge is 2.20. The van der Waals surface area contributed by atoms with Gasteiger partial charge in [0.2, 0.25) is 0 Å². The molecular formula is C27H26ClFN4O4. The summed E-state index contributed by atoms with van der Waals surface area (Å²) in [5, 5.41) is 10.2. The highest BCUT2D eigenvalue weighted by atomic mass is 35.5. The third kappa shape index (κ3) is 5.33. The summed E-state index contributed by atoms with van der Waals surface area (Å²) in [6, 6.07) is 7.43. The molecule has 0 fully saturated rings. The van der Waals surface area contributed by atoms with Crippen molar-refractivity contribution in [1.29, 1.82) is 0 Å². The number of ether oxygens (including phenoxy) is 1. The van der Waals surface area contributed by atoms with Gasteiger partial charge in [-0.05, 0) is 63.4 Å². The smallest absolute Gasteiger partial charge is 0.277 e. The van der Waals surface area contributed by atoms with Crippen LogP contribution in [-0.2, 0) is 12.2 Å². The van der Waals surface area contributed by atoms with Crippen LogP contribution in [0.4, 0.5) is 4.39 Å². The van der Waals surface area contributed by atoms with Crippen LogP contribution in [0.2, 0.25) is 5.02 Å². The molecule has 0 aliphatic rings. The van der Waals surface area contributed by atoms with Gasteiger partial charge in [0.25, 0.3) is 11.1 Å². The van der Waals surface area contributed by atoms with E-state index in [4.69, 9.17) is 16.3 Å². The van der Waals surface area contributed by atoms with Crippen LogP contribution in [0.15, 0.2) is 58.5 Å². The van der Waals surface area contributed by atoms with Gasteiger partial charge in [-0.3, -0.25) is 23.7 Å². The Balaban J connectivity index is 1.75. The second-order valence-corrected chi connectivity index (χ2v) is 9.73. The van der Waals surface area contributed by atoms with Crippen LogP contribution in [0.3, 0.4) is 0 Å². The van der Waals surface area contributed by atoms with Crippen molar-refractivity contribution in [2.75, 3.05) is 0 Å². The minimum atomic E-state index is -1.17. The van der Waals surface area contributed by atoms with Gasteiger partial charge >= 0.3 is 0 Å². The summed E-state index contributed by atoms with van der Waals surface area (Å²) in [4.78, 5) is 34.3. The number of nitrogens with zero attached hydrogens (tertiary/aromatic N) is 4. The van der Waals surface area contributed by atoms with Gasteiger partial charge in [0.05, 0.1) is 11.3 Å². The predicted octanol–water partition coefficient (Wildman–Crippen LogP) is 4.30. The van der Waals surface area contributed by atoms with E-state index >= 15 is 0 Å². The minimum absolute atomic E-state index is 0.0943. The Labute approximate surface area is 217 Å². The number of pyridine rings is 4. The molecule has 0 aromatic carbocycles. The van der Waals surface area contributed by atoms with Crippen molar-refractivity contribution in [3.8, 4) is 17.3 Å². The van der Waals surface area contributed by atoms with Crippen molar-refractivity contribution in [2.45, 2.75) is 46.8 Å². The van der Waals surface area contributed by atoms with Crippen molar-refractivity contribution in [1.82, 2.24) is 19.1 Å². The lowest BCUT2D eigenvalue weighted by atomic mass is 10.0. The fourth-order valence-corrected chi connectivity index (χ4v) is 4.00. The number of aryl methyl sites for hydroxylation is 3. The maximum atomic E-state index is 14.2. The molecule has 0 saturated heterocycles. The molecule has 37 heavy (non-hydrogen) atoms. The summed E-state index contributed by atoms with van der Waals surface area (Å²) in [7, 11) is 0. The number of aliphatic hydroxyl groups is 1. The lowest BCUT2D eigenvalue weighted by Crippen LogP contribution is -2.25. The molecule has 4 heterocycles.